The lowest BCUT2D eigenvalue weighted by Crippen LogP contribution is -2.04. The molecule has 0 bridgehead atoms. The van der Waals surface area contributed by atoms with Gasteiger partial charge in [-0.15, -0.1) is 0 Å². The third kappa shape index (κ3) is 5.56. The maximum Gasteiger partial charge on any atom is 0.331 e. The largest absolute Gasteiger partial charge is 0.497 e. The van der Waals surface area contributed by atoms with Crippen molar-refractivity contribution in [1.82, 2.24) is 0 Å². The monoisotopic (exact) mass is 380 g/mol. The van der Waals surface area contributed by atoms with Gasteiger partial charge in [-0.05, 0) is 55.2 Å². The molecule has 0 radical (unpaired) electrons. The van der Waals surface area contributed by atoms with Gasteiger partial charge in [-0.25, -0.2) is 4.79 Å². The van der Waals surface area contributed by atoms with Crippen LogP contribution in [0, 0.1) is 0 Å². The van der Waals surface area contributed by atoms with Gasteiger partial charge in [0.05, 0.1) is 7.11 Å². The number of carbonyl (C=O) groups excluding carboxylic acids is 1. The van der Waals surface area contributed by atoms with E-state index in [1.807, 2.05) is 19.1 Å². The van der Waals surface area contributed by atoms with E-state index >= 15 is 0 Å². The van der Waals surface area contributed by atoms with Crippen molar-refractivity contribution in [3.05, 3.63) is 70.8 Å². The van der Waals surface area contributed by atoms with E-state index in [1.54, 1.807) is 43.5 Å². The average Bonchev–Trinajstić information content (AvgIpc) is 2.72. The summed E-state index contributed by atoms with van der Waals surface area (Å²) in [5.74, 6) is -0.242. The van der Waals surface area contributed by atoms with Crippen LogP contribution in [0.1, 0.15) is 67.4 Å². The molecular formula is C24H28O4. The summed E-state index contributed by atoms with van der Waals surface area (Å²) in [6.45, 7) is 3.97. The zero-order chi connectivity index (χ0) is 20.5. The Bertz CT molecular complexity index is 830. The van der Waals surface area contributed by atoms with Crippen LogP contribution in [0.3, 0.4) is 0 Å². The molecule has 0 aliphatic carbocycles. The standard InChI is InChI=1S/C24H28O4/c1-4-5-6-7-8-22(24(26)27)17(2)18-9-11-19(12-10-18)23(25)20-13-15-21(28-3)16-14-20/h9-16H,4-8H2,1-3H3,(H,26,27)/b22-17+. The van der Waals surface area contributed by atoms with Crippen molar-refractivity contribution < 1.29 is 19.4 Å². The molecular weight excluding hydrogens is 352 g/mol. The van der Waals surface area contributed by atoms with E-state index in [0.29, 0.717) is 28.9 Å². The van der Waals surface area contributed by atoms with Gasteiger partial charge in [0.25, 0.3) is 0 Å². The number of carbonyl (C=O) groups is 2. The first-order valence-corrected chi connectivity index (χ1v) is 9.70. The molecule has 28 heavy (non-hydrogen) atoms. The van der Waals surface area contributed by atoms with Gasteiger partial charge in [-0.3, -0.25) is 4.79 Å². The molecule has 4 nitrogen and oxygen atoms in total. The van der Waals surface area contributed by atoms with E-state index in [1.165, 1.54) is 0 Å². The molecule has 0 aromatic heterocycles. The fourth-order valence-electron chi connectivity index (χ4n) is 3.14. The summed E-state index contributed by atoms with van der Waals surface area (Å²) in [6.07, 6.45) is 4.72. The second-order valence-electron chi connectivity index (χ2n) is 6.85. The molecule has 0 aliphatic heterocycles. The lowest BCUT2D eigenvalue weighted by atomic mass is 9.95. The van der Waals surface area contributed by atoms with Crippen LogP contribution in [-0.2, 0) is 4.79 Å². The summed E-state index contributed by atoms with van der Waals surface area (Å²) in [7, 11) is 1.58. The minimum atomic E-state index is -0.868. The summed E-state index contributed by atoms with van der Waals surface area (Å²) < 4.78 is 5.12. The van der Waals surface area contributed by atoms with Crippen LogP contribution < -0.4 is 4.74 Å². The van der Waals surface area contributed by atoms with Crippen molar-refractivity contribution in [1.29, 1.82) is 0 Å². The Labute approximate surface area is 166 Å². The number of aliphatic carboxylic acids is 1. The third-order valence-corrected chi connectivity index (χ3v) is 4.92. The number of carboxylic acids is 1. The molecule has 2 aromatic carbocycles. The Balaban J connectivity index is 2.18. The third-order valence-electron chi connectivity index (χ3n) is 4.92. The lowest BCUT2D eigenvalue weighted by molar-refractivity contribution is -0.132. The van der Waals surface area contributed by atoms with Crippen LogP contribution in [0.5, 0.6) is 5.75 Å². The first-order chi connectivity index (χ1) is 13.5. The van der Waals surface area contributed by atoms with Crippen LogP contribution in [0.25, 0.3) is 5.57 Å². The molecule has 0 amide bonds. The van der Waals surface area contributed by atoms with Crippen molar-refractivity contribution in [3.63, 3.8) is 0 Å². The van der Waals surface area contributed by atoms with Gasteiger partial charge in [0.2, 0.25) is 0 Å². The zero-order valence-electron chi connectivity index (χ0n) is 16.8. The Morgan fingerprint density at radius 3 is 1.89 bits per heavy atom. The van der Waals surface area contributed by atoms with Crippen molar-refractivity contribution in [2.24, 2.45) is 0 Å². The number of benzene rings is 2. The Kier molecular flexibility index (Phi) is 8.00. The molecule has 0 spiro atoms. The van der Waals surface area contributed by atoms with Gasteiger partial charge >= 0.3 is 5.97 Å². The fourth-order valence-corrected chi connectivity index (χ4v) is 3.14. The fraction of sp³-hybridized carbons (Fsp3) is 0.333. The number of ether oxygens (including phenoxy) is 1. The highest BCUT2D eigenvalue weighted by Gasteiger charge is 2.14. The van der Waals surface area contributed by atoms with Gasteiger partial charge in [0.15, 0.2) is 5.78 Å². The maximum absolute atomic E-state index is 12.6. The van der Waals surface area contributed by atoms with Crippen molar-refractivity contribution in [2.75, 3.05) is 7.11 Å². The first-order valence-electron chi connectivity index (χ1n) is 9.70. The van der Waals surface area contributed by atoms with E-state index in [9.17, 15) is 14.7 Å². The Morgan fingerprint density at radius 1 is 0.857 bits per heavy atom. The highest BCUT2D eigenvalue weighted by molar-refractivity contribution is 6.09. The number of rotatable bonds is 10. The van der Waals surface area contributed by atoms with Crippen LogP contribution in [0.4, 0.5) is 0 Å². The van der Waals surface area contributed by atoms with E-state index in [4.69, 9.17) is 4.74 Å². The molecule has 2 aromatic rings. The molecule has 2 rings (SSSR count). The molecule has 1 N–H and O–H groups in total. The van der Waals surface area contributed by atoms with Gasteiger partial charge in [0, 0.05) is 16.7 Å². The molecule has 0 aliphatic rings. The highest BCUT2D eigenvalue weighted by Crippen LogP contribution is 2.24. The predicted octanol–water partition coefficient (Wildman–Crippen LogP) is 5.75. The number of methoxy groups -OCH3 is 1. The lowest BCUT2D eigenvalue weighted by Gasteiger charge is -2.10. The highest BCUT2D eigenvalue weighted by atomic mass is 16.5. The number of unbranched alkanes of at least 4 members (excludes halogenated alkanes) is 3. The van der Waals surface area contributed by atoms with Gasteiger partial charge in [-0.2, -0.15) is 0 Å². The summed E-state index contributed by atoms with van der Waals surface area (Å²) in [5, 5.41) is 9.57. The van der Waals surface area contributed by atoms with Crippen LogP contribution in [-0.4, -0.2) is 24.0 Å². The zero-order valence-corrected chi connectivity index (χ0v) is 16.8. The SMILES string of the molecule is CCCCCC/C(C(=O)O)=C(/C)c1ccc(C(=O)c2ccc(OC)cc2)cc1. The quantitative estimate of drug-likeness (QED) is 0.324. The molecule has 4 heteroatoms. The molecule has 0 unspecified atom stereocenters. The Hall–Kier alpha value is -2.88. The average molecular weight is 380 g/mol. The second-order valence-corrected chi connectivity index (χ2v) is 6.85. The number of hydrogen-bond donors (Lipinski definition) is 1. The first kappa shape index (κ1) is 21.4. The molecule has 0 heterocycles. The normalized spacial score (nSPS) is 11.7. The maximum atomic E-state index is 12.6. The van der Waals surface area contributed by atoms with Crippen LogP contribution in [0.2, 0.25) is 0 Å². The van der Waals surface area contributed by atoms with Crippen molar-refractivity contribution in [2.45, 2.75) is 46.0 Å². The van der Waals surface area contributed by atoms with E-state index in [0.717, 1.165) is 36.8 Å². The van der Waals surface area contributed by atoms with E-state index < -0.39 is 5.97 Å². The van der Waals surface area contributed by atoms with Gasteiger partial charge in [0.1, 0.15) is 5.75 Å². The number of allylic oxidation sites excluding steroid dienone is 1. The van der Waals surface area contributed by atoms with Crippen molar-refractivity contribution in [3.8, 4) is 5.75 Å². The predicted molar refractivity (Wildman–Crippen MR) is 112 cm³/mol. The Morgan fingerprint density at radius 2 is 1.39 bits per heavy atom. The molecule has 148 valence electrons. The van der Waals surface area contributed by atoms with E-state index in [2.05, 4.69) is 6.92 Å². The van der Waals surface area contributed by atoms with Gasteiger partial charge < -0.3 is 9.84 Å². The van der Waals surface area contributed by atoms with Gasteiger partial charge in [-0.1, -0.05) is 50.5 Å². The summed E-state index contributed by atoms with van der Waals surface area (Å²) in [6, 6.07) is 14.1. The smallest absolute Gasteiger partial charge is 0.331 e. The minimum Gasteiger partial charge on any atom is -0.497 e. The second kappa shape index (κ2) is 10.5. The van der Waals surface area contributed by atoms with E-state index in [-0.39, 0.29) is 5.78 Å². The van der Waals surface area contributed by atoms with Crippen LogP contribution in [0.15, 0.2) is 54.1 Å². The number of ketones is 1. The molecule has 0 fully saturated rings. The number of hydrogen-bond acceptors (Lipinski definition) is 3. The molecule has 0 saturated heterocycles. The molecule has 0 atom stereocenters. The summed E-state index contributed by atoms with van der Waals surface area (Å²) >= 11 is 0. The summed E-state index contributed by atoms with van der Waals surface area (Å²) in [5.41, 5.74) is 3.20. The summed E-state index contributed by atoms with van der Waals surface area (Å²) in [4.78, 5) is 24.3. The van der Waals surface area contributed by atoms with Crippen molar-refractivity contribution >= 4 is 17.3 Å². The minimum absolute atomic E-state index is 0.0751. The molecule has 0 saturated carbocycles. The number of carboxylic acid groups (broad SMARTS) is 1. The van der Waals surface area contributed by atoms with Crippen LogP contribution >= 0.6 is 0 Å². The topological polar surface area (TPSA) is 63.6 Å².